The van der Waals surface area contributed by atoms with E-state index in [0.29, 0.717) is 0 Å². The summed E-state index contributed by atoms with van der Waals surface area (Å²) in [6.07, 6.45) is 12.0. The van der Waals surface area contributed by atoms with E-state index in [1.165, 1.54) is 0 Å². The molecule has 2 heterocycles. The third kappa shape index (κ3) is 2.26. The van der Waals surface area contributed by atoms with Crippen LogP contribution in [0, 0.1) is 0 Å². The molecule has 0 saturated carbocycles. The van der Waals surface area contributed by atoms with Crippen molar-refractivity contribution in [2.24, 2.45) is 0 Å². The van der Waals surface area contributed by atoms with Gasteiger partial charge in [-0.05, 0) is 0 Å². The maximum absolute atomic E-state index is 2.00. The first-order chi connectivity index (χ1) is 6.95. The first kappa shape index (κ1) is 8.63. The van der Waals surface area contributed by atoms with Crippen LogP contribution in [0.5, 0.6) is 0 Å². The predicted octanol–water partition coefficient (Wildman–Crippen LogP) is 1.35. The molecule has 0 aliphatic rings. The summed E-state index contributed by atoms with van der Waals surface area (Å²) in [5.41, 5.74) is 0. The highest BCUT2D eigenvalue weighted by Gasteiger charge is 1.94. The molecule has 2 aromatic rings. The minimum absolute atomic E-state index is 2.00. The molecule has 0 bridgehead atoms. The minimum atomic E-state index is 2.00. The number of rotatable bonds is 2. The molecular weight excluding hydrogens is 172 g/mol. The molecule has 68 valence electrons. The molecule has 0 N–H and O–H groups in total. The van der Waals surface area contributed by atoms with Crippen LogP contribution in [0.15, 0.2) is 61.2 Å². The third-order valence-electron chi connectivity index (χ3n) is 1.89. The number of hydrogen-bond donors (Lipinski definition) is 0. The van der Waals surface area contributed by atoms with Crippen LogP contribution in [-0.2, 0) is 0 Å². The SMILES string of the molecule is C(=C[n+]1ccccc1)[n+]1ccccc1. The molecule has 0 aliphatic heterocycles. The molecule has 2 aromatic heterocycles. The van der Waals surface area contributed by atoms with Crippen LogP contribution in [0.4, 0.5) is 0 Å². The zero-order chi connectivity index (χ0) is 9.64. The molecule has 0 saturated heterocycles. The lowest BCUT2D eigenvalue weighted by atomic mass is 10.5. The summed E-state index contributed by atoms with van der Waals surface area (Å²) < 4.78 is 4.00. The van der Waals surface area contributed by atoms with Gasteiger partial charge in [-0.25, -0.2) is 0 Å². The molecule has 2 heteroatoms. The van der Waals surface area contributed by atoms with Crippen molar-refractivity contribution in [2.75, 3.05) is 0 Å². The van der Waals surface area contributed by atoms with Crippen molar-refractivity contribution in [3.05, 3.63) is 61.2 Å². The average Bonchev–Trinajstić information content (AvgIpc) is 2.29. The number of pyridine rings is 2. The van der Waals surface area contributed by atoms with Crippen molar-refractivity contribution >= 4 is 12.4 Å². The van der Waals surface area contributed by atoms with E-state index < -0.39 is 0 Å². The van der Waals surface area contributed by atoms with Crippen molar-refractivity contribution in [2.45, 2.75) is 0 Å². The lowest BCUT2D eigenvalue weighted by molar-refractivity contribution is -0.593. The van der Waals surface area contributed by atoms with Gasteiger partial charge in [-0.3, -0.25) is 0 Å². The van der Waals surface area contributed by atoms with Gasteiger partial charge in [0.25, 0.3) is 0 Å². The van der Waals surface area contributed by atoms with Crippen LogP contribution in [-0.4, -0.2) is 0 Å². The van der Waals surface area contributed by atoms with Gasteiger partial charge in [0.1, 0.15) is 0 Å². The Hall–Kier alpha value is -1.96. The molecule has 0 aliphatic carbocycles. The second-order valence-corrected chi connectivity index (χ2v) is 2.94. The minimum Gasteiger partial charge on any atom is -0.168 e. The summed E-state index contributed by atoms with van der Waals surface area (Å²) in [4.78, 5) is 0. The van der Waals surface area contributed by atoms with Gasteiger partial charge in [-0.1, -0.05) is 12.1 Å². The van der Waals surface area contributed by atoms with Crippen LogP contribution in [0.1, 0.15) is 0 Å². The van der Waals surface area contributed by atoms with Crippen molar-refractivity contribution < 1.29 is 9.13 Å². The van der Waals surface area contributed by atoms with E-state index in [4.69, 9.17) is 0 Å². The highest BCUT2D eigenvalue weighted by molar-refractivity contribution is 5.25. The first-order valence-corrected chi connectivity index (χ1v) is 4.55. The van der Waals surface area contributed by atoms with Crippen LogP contribution < -0.4 is 9.13 Å². The summed E-state index contributed by atoms with van der Waals surface area (Å²) in [5, 5.41) is 0. The van der Waals surface area contributed by atoms with E-state index in [-0.39, 0.29) is 0 Å². The van der Waals surface area contributed by atoms with Crippen LogP contribution >= 0.6 is 0 Å². The topological polar surface area (TPSA) is 7.76 Å². The average molecular weight is 184 g/mol. The fourth-order valence-corrected chi connectivity index (χ4v) is 1.18. The zero-order valence-corrected chi connectivity index (χ0v) is 7.82. The number of hydrogen-bond acceptors (Lipinski definition) is 0. The van der Waals surface area contributed by atoms with Crippen molar-refractivity contribution in [3.8, 4) is 0 Å². The Kier molecular flexibility index (Phi) is 2.67. The van der Waals surface area contributed by atoms with Gasteiger partial charge in [0.2, 0.25) is 12.4 Å². The molecule has 2 nitrogen and oxygen atoms in total. The van der Waals surface area contributed by atoms with Gasteiger partial charge in [0.15, 0.2) is 24.8 Å². The lowest BCUT2D eigenvalue weighted by Crippen LogP contribution is -2.29. The Morgan fingerprint density at radius 2 is 0.857 bits per heavy atom. The summed E-state index contributed by atoms with van der Waals surface area (Å²) in [5.74, 6) is 0. The van der Waals surface area contributed by atoms with E-state index in [1.54, 1.807) is 0 Å². The molecule has 0 amide bonds. The maximum Gasteiger partial charge on any atom is 0.238 e. The highest BCUT2D eigenvalue weighted by atomic mass is 15.0. The van der Waals surface area contributed by atoms with Crippen molar-refractivity contribution in [1.82, 2.24) is 0 Å². The summed E-state index contributed by atoms with van der Waals surface area (Å²) >= 11 is 0. The van der Waals surface area contributed by atoms with Gasteiger partial charge >= 0.3 is 0 Å². The Morgan fingerprint density at radius 1 is 0.500 bits per heavy atom. The zero-order valence-electron chi connectivity index (χ0n) is 7.82. The van der Waals surface area contributed by atoms with Gasteiger partial charge < -0.3 is 0 Å². The Balaban J connectivity index is 2.16. The van der Waals surface area contributed by atoms with Gasteiger partial charge in [0, 0.05) is 24.3 Å². The van der Waals surface area contributed by atoms with Gasteiger partial charge in [-0.15, -0.1) is 0 Å². The van der Waals surface area contributed by atoms with E-state index in [9.17, 15) is 0 Å². The van der Waals surface area contributed by atoms with Crippen molar-refractivity contribution in [1.29, 1.82) is 0 Å². The standard InChI is InChI=1S/C12H12N2/c1-3-7-13(8-4-1)11-12-14-9-5-2-6-10-14/h1-12H/q+2. The van der Waals surface area contributed by atoms with Crippen LogP contribution in [0.25, 0.3) is 12.4 Å². The quantitative estimate of drug-likeness (QED) is 0.622. The Morgan fingerprint density at radius 3 is 1.21 bits per heavy atom. The molecular formula is C12H12N2+2. The maximum atomic E-state index is 2.00. The summed E-state index contributed by atoms with van der Waals surface area (Å²) in [7, 11) is 0. The third-order valence-corrected chi connectivity index (χ3v) is 1.89. The largest absolute Gasteiger partial charge is 0.238 e. The second-order valence-electron chi connectivity index (χ2n) is 2.94. The summed E-state index contributed by atoms with van der Waals surface area (Å²) in [6.45, 7) is 0. The first-order valence-electron chi connectivity index (χ1n) is 4.55. The van der Waals surface area contributed by atoms with Crippen molar-refractivity contribution in [3.63, 3.8) is 0 Å². The fraction of sp³-hybridized carbons (Fsp3) is 0. The van der Waals surface area contributed by atoms with E-state index in [1.807, 2.05) is 82.7 Å². The molecule has 0 atom stereocenters. The molecule has 0 fully saturated rings. The molecule has 2 rings (SSSR count). The number of nitrogens with zero attached hydrogens (tertiary/aromatic N) is 2. The normalized spacial score (nSPS) is 10.6. The Bertz CT molecular complexity index is 365. The van der Waals surface area contributed by atoms with Gasteiger partial charge in [0.05, 0.1) is 0 Å². The molecule has 0 spiro atoms. The molecule has 14 heavy (non-hydrogen) atoms. The van der Waals surface area contributed by atoms with Crippen LogP contribution in [0.2, 0.25) is 0 Å². The Labute approximate surface area is 83.4 Å². The van der Waals surface area contributed by atoms with E-state index in [2.05, 4.69) is 0 Å². The number of aromatic nitrogens is 2. The lowest BCUT2D eigenvalue weighted by Gasteiger charge is -1.84. The highest BCUT2D eigenvalue weighted by Crippen LogP contribution is 1.79. The second kappa shape index (κ2) is 4.33. The van der Waals surface area contributed by atoms with E-state index in [0.717, 1.165) is 0 Å². The molecule has 0 aromatic carbocycles. The fourth-order valence-electron chi connectivity index (χ4n) is 1.18. The monoisotopic (exact) mass is 184 g/mol. The smallest absolute Gasteiger partial charge is 0.168 e. The predicted molar refractivity (Wildman–Crippen MR) is 54.8 cm³/mol. The van der Waals surface area contributed by atoms with E-state index >= 15 is 0 Å². The molecule has 0 radical (unpaired) electrons. The summed E-state index contributed by atoms with van der Waals surface area (Å²) in [6, 6.07) is 12.0. The van der Waals surface area contributed by atoms with Crippen LogP contribution in [0.3, 0.4) is 0 Å². The molecule has 0 unspecified atom stereocenters. The van der Waals surface area contributed by atoms with Gasteiger partial charge in [-0.2, -0.15) is 9.13 Å².